The molecule has 0 radical (unpaired) electrons. The number of aldehydes is 1. The van der Waals surface area contributed by atoms with Crippen LogP contribution in [-0.4, -0.2) is 12.1 Å². The second-order valence-corrected chi connectivity index (χ2v) is 5.56. The van der Waals surface area contributed by atoms with Crippen molar-refractivity contribution in [2.45, 2.75) is 33.6 Å². The topological polar surface area (TPSA) is 34.1 Å². The van der Waals surface area contributed by atoms with E-state index in [0.29, 0.717) is 5.92 Å². The molecule has 3 unspecified atom stereocenters. The van der Waals surface area contributed by atoms with Crippen LogP contribution in [0.2, 0.25) is 0 Å². The summed E-state index contributed by atoms with van der Waals surface area (Å²) < 4.78 is 0. The number of carbonyl (C=O) groups is 2. The molecule has 0 aliphatic heterocycles. The van der Waals surface area contributed by atoms with Crippen molar-refractivity contribution in [1.29, 1.82) is 0 Å². The molecule has 0 aromatic rings. The van der Waals surface area contributed by atoms with Crippen LogP contribution in [0.1, 0.15) is 33.6 Å². The lowest BCUT2D eigenvalue weighted by Gasteiger charge is -2.35. The summed E-state index contributed by atoms with van der Waals surface area (Å²) in [6.45, 7) is 6.36. The fraction of sp³-hybridized carbons (Fsp3) is 0.818. The second-order valence-electron chi connectivity index (χ2n) is 5.56. The number of hydrogen-bond acceptors (Lipinski definition) is 2. The number of hydrogen-bond donors (Lipinski definition) is 0. The molecular formula is C11H16O2. The number of rotatable bonds is 1. The number of fused-ring (bicyclic) bond motifs is 2. The molecule has 2 saturated carbocycles. The zero-order valence-electron chi connectivity index (χ0n) is 8.46. The fourth-order valence-electron chi connectivity index (χ4n) is 3.51. The van der Waals surface area contributed by atoms with Crippen molar-refractivity contribution in [3.8, 4) is 0 Å². The van der Waals surface area contributed by atoms with Gasteiger partial charge >= 0.3 is 0 Å². The second kappa shape index (κ2) is 2.23. The zero-order valence-corrected chi connectivity index (χ0v) is 8.46. The van der Waals surface area contributed by atoms with Gasteiger partial charge in [-0.3, -0.25) is 4.79 Å². The predicted molar refractivity (Wildman–Crippen MR) is 49.2 cm³/mol. The van der Waals surface area contributed by atoms with Crippen LogP contribution in [0.5, 0.6) is 0 Å². The van der Waals surface area contributed by atoms with Crippen molar-refractivity contribution >= 4 is 12.1 Å². The van der Waals surface area contributed by atoms with Gasteiger partial charge in [0.05, 0.1) is 5.92 Å². The van der Waals surface area contributed by atoms with Crippen molar-refractivity contribution < 1.29 is 9.59 Å². The van der Waals surface area contributed by atoms with Crippen LogP contribution in [-0.2, 0) is 9.59 Å². The van der Waals surface area contributed by atoms with Gasteiger partial charge in [0.1, 0.15) is 12.1 Å². The summed E-state index contributed by atoms with van der Waals surface area (Å²) in [6, 6.07) is 0. The first-order chi connectivity index (χ1) is 5.91. The van der Waals surface area contributed by atoms with Gasteiger partial charge in [-0.15, -0.1) is 0 Å². The summed E-state index contributed by atoms with van der Waals surface area (Å²) in [7, 11) is 0. The Morgan fingerprint density at radius 2 is 2.00 bits per heavy atom. The summed E-state index contributed by atoms with van der Waals surface area (Å²) in [5.41, 5.74) is -0.0199. The number of ketones is 1. The van der Waals surface area contributed by atoms with Crippen molar-refractivity contribution in [3.05, 3.63) is 0 Å². The molecule has 2 aliphatic carbocycles. The van der Waals surface area contributed by atoms with E-state index in [9.17, 15) is 9.59 Å². The van der Waals surface area contributed by atoms with Crippen molar-refractivity contribution in [2.75, 3.05) is 0 Å². The highest BCUT2D eigenvalue weighted by atomic mass is 16.1. The zero-order chi connectivity index (χ0) is 9.85. The van der Waals surface area contributed by atoms with Gasteiger partial charge in [-0.1, -0.05) is 20.8 Å². The number of carbonyl (C=O) groups excluding carboxylic acids is 2. The molecule has 2 fully saturated rings. The van der Waals surface area contributed by atoms with Crippen LogP contribution in [0.3, 0.4) is 0 Å². The molecule has 0 aromatic carbocycles. The van der Waals surface area contributed by atoms with Gasteiger partial charge in [0.2, 0.25) is 0 Å². The molecule has 2 heteroatoms. The molecule has 3 atom stereocenters. The summed E-state index contributed by atoms with van der Waals surface area (Å²) in [5, 5.41) is 0. The summed E-state index contributed by atoms with van der Waals surface area (Å²) in [4.78, 5) is 22.6. The van der Waals surface area contributed by atoms with Crippen LogP contribution < -0.4 is 0 Å². The molecule has 0 saturated heterocycles. The maximum atomic E-state index is 11.8. The maximum absolute atomic E-state index is 11.8. The largest absolute Gasteiger partial charge is 0.303 e. The average molecular weight is 180 g/mol. The van der Waals surface area contributed by atoms with Gasteiger partial charge in [0, 0.05) is 5.41 Å². The first kappa shape index (κ1) is 8.92. The lowest BCUT2D eigenvalue weighted by atomic mass is 9.68. The third-order valence-electron chi connectivity index (χ3n) is 4.00. The molecule has 13 heavy (non-hydrogen) atoms. The summed E-state index contributed by atoms with van der Waals surface area (Å²) in [5.74, 6) is 0.170. The lowest BCUT2D eigenvalue weighted by Crippen LogP contribution is -2.38. The summed E-state index contributed by atoms with van der Waals surface area (Å²) >= 11 is 0. The molecule has 2 aliphatic rings. The smallest absolute Gasteiger partial charge is 0.149 e. The predicted octanol–water partition coefficient (Wildman–Crippen LogP) is 1.83. The van der Waals surface area contributed by atoms with Crippen LogP contribution in [0.25, 0.3) is 0 Å². The monoisotopic (exact) mass is 180 g/mol. The van der Waals surface area contributed by atoms with Crippen LogP contribution in [0.15, 0.2) is 0 Å². The lowest BCUT2D eigenvalue weighted by molar-refractivity contribution is -0.136. The first-order valence-corrected chi connectivity index (χ1v) is 4.90. The van der Waals surface area contributed by atoms with E-state index >= 15 is 0 Å². The minimum atomic E-state index is -0.311. The third kappa shape index (κ3) is 0.946. The van der Waals surface area contributed by atoms with E-state index in [1.54, 1.807) is 0 Å². The minimum Gasteiger partial charge on any atom is -0.303 e. The third-order valence-corrected chi connectivity index (χ3v) is 4.00. The Morgan fingerprint density at radius 3 is 2.38 bits per heavy atom. The molecule has 0 heterocycles. The Balaban J connectivity index is 2.41. The average Bonchev–Trinajstić information content (AvgIpc) is 2.36. The standard InChI is InChI=1S/C11H16O2/c1-10(2)6-11(3)4-8(10)7(5-12)9(11)13/h5,7-8H,4,6H2,1-3H3. The van der Waals surface area contributed by atoms with E-state index < -0.39 is 0 Å². The highest BCUT2D eigenvalue weighted by Crippen LogP contribution is 2.62. The summed E-state index contributed by atoms with van der Waals surface area (Å²) in [6.07, 6.45) is 2.73. The van der Waals surface area contributed by atoms with Gasteiger partial charge in [0.25, 0.3) is 0 Å². The Hall–Kier alpha value is -0.660. The number of Topliss-reactive ketones (excluding diaryl/α,β-unsaturated/α-hetero) is 1. The Morgan fingerprint density at radius 1 is 1.38 bits per heavy atom. The molecule has 0 aromatic heterocycles. The SMILES string of the molecule is CC12CC(C(C=O)C1=O)C(C)(C)C2. The van der Waals surface area contributed by atoms with E-state index in [4.69, 9.17) is 0 Å². The van der Waals surface area contributed by atoms with Crippen molar-refractivity contribution in [1.82, 2.24) is 0 Å². The molecule has 0 N–H and O–H groups in total. The van der Waals surface area contributed by atoms with E-state index in [1.165, 1.54) is 0 Å². The Kier molecular flexibility index (Phi) is 1.53. The molecule has 2 nitrogen and oxygen atoms in total. The minimum absolute atomic E-state index is 0.175. The van der Waals surface area contributed by atoms with E-state index in [1.807, 2.05) is 6.92 Å². The Bertz CT molecular complexity index is 280. The van der Waals surface area contributed by atoms with E-state index in [2.05, 4.69) is 13.8 Å². The van der Waals surface area contributed by atoms with Gasteiger partial charge in [0.15, 0.2) is 0 Å². The van der Waals surface area contributed by atoms with Gasteiger partial charge < -0.3 is 4.79 Å². The fourth-order valence-corrected chi connectivity index (χ4v) is 3.51. The van der Waals surface area contributed by atoms with E-state index in [-0.39, 0.29) is 22.5 Å². The molecule has 72 valence electrons. The van der Waals surface area contributed by atoms with Crippen molar-refractivity contribution in [3.63, 3.8) is 0 Å². The van der Waals surface area contributed by atoms with Crippen LogP contribution in [0, 0.1) is 22.7 Å². The maximum Gasteiger partial charge on any atom is 0.149 e. The first-order valence-electron chi connectivity index (χ1n) is 4.90. The van der Waals surface area contributed by atoms with Crippen molar-refractivity contribution in [2.24, 2.45) is 22.7 Å². The van der Waals surface area contributed by atoms with Gasteiger partial charge in [-0.2, -0.15) is 0 Å². The van der Waals surface area contributed by atoms with Gasteiger partial charge in [-0.05, 0) is 24.2 Å². The van der Waals surface area contributed by atoms with Gasteiger partial charge in [-0.25, -0.2) is 0 Å². The molecule has 2 rings (SSSR count). The Labute approximate surface area is 78.7 Å². The highest BCUT2D eigenvalue weighted by Gasteiger charge is 2.62. The molecular weight excluding hydrogens is 164 g/mol. The van der Waals surface area contributed by atoms with Crippen LogP contribution >= 0.6 is 0 Å². The molecule has 0 spiro atoms. The quantitative estimate of drug-likeness (QED) is 0.455. The van der Waals surface area contributed by atoms with Crippen LogP contribution in [0.4, 0.5) is 0 Å². The molecule has 2 bridgehead atoms. The highest BCUT2D eigenvalue weighted by molar-refractivity contribution is 6.00. The molecule has 0 amide bonds. The normalized spacial score (nSPS) is 46.8. The van der Waals surface area contributed by atoms with E-state index in [0.717, 1.165) is 19.1 Å².